The van der Waals surface area contributed by atoms with E-state index in [1.807, 2.05) is 0 Å². The summed E-state index contributed by atoms with van der Waals surface area (Å²) in [5.74, 6) is -0.628. The van der Waals surface area contributed by atoms with Crippen LogP contribution in [0.3, 0.4) is 0 Å². The number of aromatic amines is 2. The van der Waals surface area contributed by atoms with Gasteiger partial charge in [-0.05, 0) is 0 Å². The number of phosphoric ester groups is 2. The quantitative estimate of drug-likeness (QED) is 0.0585. The van der Waals surface area contributed by atoms with Crippen LogP contribution in [0.4, 0.5) is 23.4 Å². The number of hydrogen-bond acceptors (Lipinski definition) is 20. The first-order valence-electron chi connectivity index (χ1n) is 14.7. The second-order valence-corrected chi connectivity index (χ2v) is 16.0. The lowest BCUT2D eigenvalue weighted by Gasteiger charge is -2.21. The van der Waals surface area contributed by atoms with Crippen LogP contribution < -0.4 is 22.6 Å². The molecular weight excluding hydrogens is 785 g/mol. The zero-order chi connectivity index (χ0) is 38.8. The van der Waals surface area contributed by atoms with Gasteiger partial charge in [-0.15, -0.1) is 4.58 Å². The highest BCUT2D eigenvalue weighted by atomic mass is 31.3. The summed E-state index contributed by atoms with van der Waals surface area (Å²) in [5.41, 5.74) is 9.50. The summed E-state index contributed by atoms with van der Waals surface area (Å²) in [5, 5.41) is 31.9. The number of phosphoric acid groups is 3. The van der Waals surface area contributed by atoms with Gasteiger partial charge in [-0.2, -0.15) is 13.6 Å². The third kappa shape index (κ3) is 7.82. The number of aliphatic hydroxyl groups excluding tert-OH is 3. The highest BCUT2D eigenvalue weighted by Gasteiger charge is 2.55. The van der Waals surface area contributed by atoms with E-state index in [-0.39, 0.29) is 34.6 Å². The molecule has 0 radical (unpaired) electrons. The number of methoxy groups -OCH3 is 1. The van der Waals surface area contributed by atoms with Crippen molar-refractivity contribution in [1.82, 2.24) is 29.5 Å². The standard InChI is InChI=1S/C22H29N10O18P3/c1-30-6-32(16-10(30)18(37)29-22(24)27-16)20-13(35)14(44-2)8(48-20)4-46-52(40,41)50-53(42,43)49-51(38,39)45-3-7-11(33)12(34)19(47-7)31-5-25-9-15(31)26-21(23)28-17(9)36/h5,7-8,11-14,19-20,33-35H,3-4H2,1-2H3,(H7-2,23,24,26,27,28,29,36,37,38,39,40,41,42,43)/p+2/t7-,8-,11+,12+,13?,14?,19?,20-/m1/s1. The Morgan fingerprint density at radius 3 is 2.15 bits per heavy atom. The van der Waals surface area contributed by atoms with Gasteiger partial charge in [0.15, 0.2) is 23.5 Å². The van der Waals surface area contributed by atoms with Crippen LogP contribution in [0.15, 0.2) is 15.9 Å². The van der Waals surface area contributed by atoms with Gasteiger partial charge in [0, 0.05) is 7.11 Å². The van der Waals surface area contributed by atoms with Gasteiger partial charge in [-0.3, -0.25) is 33.2 Å². The maximum Gasteiger partial charge on any atom is 0.490 e. The number of nitrogens with one attached hydrogen (secondary N) is 2. The normalized spacial score (nSPS) is 30.4. The van der Waals surface area contributed by atoms with Crippen LogP contribution in [0.5, 0.6) is 0 Å². The van der Waals surface area contributed by atoms with Crippen molar-refractivity contribution >= 4 is 64.0 Å². The van der Waals surface area contributed by atoms with Crippen molar-refractivity contribution < 1.29 is 84.7 Å². The third-order valence-electron chi connectivity index (χ3n) is 7.83. The molecule has 6 heterocycles. The topological polar surface area (TPSA) is 405 Å². The molecule has 3 aliphatic rings. The van der Waals surface area contributed by atoms with Gasteiger partial charge < -0.3 is 55.7 Å². The highest BCUT2D eigenvalue weighted by Crippen LogP contribution is 2.67. The van der Waals surface area contributed by atoms with Crippen LogP contribution >= 0.6 is 23.5 Å². The Labute approximate surface area is 293 Å². The Morgan fingerprint density at radius 1 is 0.906 bits per heavy atom. The minimum Gasteiger partial charge on any atom is -0.387 e. The smallest absolute Gasteiger partial charge is 0.387 e. The molecule has 6 rings (SSSR count). The number of anilines is 2. The van der Waals surface area contributed by atoms with Gasteiger partial charge in [-0.25, -0.2) is 18.7 Å². The second-order valence-electron chi connectivity index (χ2n) is 11.4. The van der Waals surface area contributed by atoms with E-state index < -0.39 is 96.9 Å². The molecule has 0 saturated carbocycles. The fourth-order valence-corrected chi connectivity index (χ4v) is 9.14. The van der Waals surface area contributed by atoms with Crippen LogP contribution in [0, 0.1) is 0 Å². The third-order valence-corrected chi connectivity index (χ3v) is 12.1. The molecule has 0 bridgehead atoms. The highest BCUT2D eigenvalue weighted by molar-refractivity contribution is 7.66. The summed E-state index contributed by atoms with van der Waals surface area (Å²) in [6.07, 6.45) is -11.2. The summed E-state index contributed by atoms with van der Waals surface area (Å²) in [6.45, 7) is -2.04. The first-order chi connectivity index (χ1) is 24.7. The zero-order valence-corrected chi connectivity index (χ0v) is 29.6. The molecule has 0 spiro atoms. The average Bonchev–Trinajstić information content (AvgIpc) is 3.76. The average molecular weight is 816 g/mol. The molecule has 11 atom stereocenters. The van der Waals surface area contributed by atoms with E-state index in [2.05, 4.69) is 44.1 Å². The van der Waals surface area contributed by atoms with E-state index in [0.29, 0.717) is 0 Å². The maximum absolute atomic E-state index is 12.6. The molecule has 3 aliphatic heterocycles. The summed E-state index contributed by atoms with van der Waals surface area (Å²) in [6, 6.07) is 2.72. The number of fused-ring (bicyclic) bond motifs is 2. The summed E-state index contributed by atoms with van der Waals surface area (Å²) < 4.78 is 75.0. The summed E-state index contributed by atoms with van der Waals surface area (Å²) >= 11 is 0. The minimum atomic E-state index is -5.98. The Balaban J connectivity index is 1.05. The van der Waals surface area contributed by atoms with Crippen molar-refractivity contribution in [1.29, 1.82) is 0 Å². The molecule has 0 aliphatic carbocycles. The molecule has 28 nitrogen and oxygen atoms in total. The number of nitrogens with two attached hydrogens (primary N) is 2. The molecule has 3 aromatic rings. The molecule has 0 aromatic carbocycles. The van der Waals surface area contributed by atoms with E-state index in [1.54, 1.807) is 0 Å². The summed E-state index contributed by atoms with van der Waals surface area (Å²) in [4.78, 5) is 71.0. The number of H-pyrrole nitrogens is 2. The first kappa shape index (κ1) is 39.1. The van der Waals surface area contributed by atoms with Crippen molar-refractivity contribution in [3.8, 4) is 0 Å². The number of imidazole rings is 1. The fraction of sp³-hybridized carbons (Fsp3) is 0.545. The van der Waals surface area contributed by atoms with Crippen LogP contribution in [0.2, 0.25) is 0 Å². The lowest BCUT2D eigenvalue weighted by atomic mass is 10.1. The van der Waals surface area contributed by atoms with Crippen molar-refractivity contribution in [2.75, 3.05) is 38.8 Å². The van der Waals surface area contributed by atoms with Crippen molar-refractivity contribution in [2.24, 2.45) is 0 Å². The van der Waals surface area contributed by atoms with E-state index >= 15 is 0 Å². The summed E-state index contributed by atoms with van der Waals surface area (Å²) in [7, 11) is -14.7. The van der Waals surface area contributed by atoms with Gasteiger partial charge in [0.1, 0.15) is 37.6 Å². The Bertz CT molecular complexity index is 2280. The zero-order valence-electron chi connectivity index (χ0n) is 26.9. The van der Waals surface area contributed by atoms with Crippen molar-refractivity contribution in [2.45, 2.75) is 49.1 Å². The number of hydrogen-bond donors (Lipinski definition) is 10. The molecule has 290 valence electrons. The molecule has 2 saturated heterocycles. The molecule has 53 heavy (non-hydrogen) atoms. The number of aliphatic hydroxyl groups is 3. The second kappa shape index (κ2) is 14.2. The van der Waals surface area contributed by atoms with Crippen molar-refractivity contribution in [3.63, 3.8) is 0 Å². The van der Waals surface area contributed by atoms with Crippen LogP contribution in [-0.4, -0.2) is 145 Å². The molecule has 6 unspecified atom stereocenters. The maximum atomic E-state index is 12.6. The van der Waals surface area contributed by atoms with E-state index in [9.17, 15) is 53.3 Å². The molecular formula is C22H31N10O18P3+2. The van der Waals surface area contributed by atoms with Gasteiger partial charge in [0.05, 0.1) is 24.5 Å². The van der Waals surface area contributed by atoms with E-state index in [4.69, 9.17) is 30.2 Å². The van der Waals surface area contributed by atoms with Crippen LogP contribution in [0.25, 0.3) is 11.2 Å². The molecule has 2 fully saturated rings. The largest absolute Gasteiger partial charge is 0.490 e. The van der Waals surface area contributed by atoms with Gasteiger partial charge in [0.2, 0.25) is 5.95 Å². The lowest BCUT2D eigenvalue weighted by Crippen LogP contribution is -2.38. The molecule has 12 N–H and O–H groups in total. The number of rotatable bonds is 13. The molecule has 0 amide bonds. The van der Waals surface area contributed by atoms with Crippen LogP contribution in [0.1, 0.15) is 6.23 Å². The molecule has 31 heteroatoms. The van der Waals surface area contributed by atoms with Gasteiger partial charge in [-0.1, -0.05) is 4.58 Å². The lowest BCUT2D eigenvalue weighted by molar-refractivity contribution is -0.552. The van der Waals surface area contributed by atoms with Crippen molar-refractivity contribution in [3.05, 3.63) is 27.0 Å². The Hall–Kier alpha value is -3.62. The minimum absolute atomic E-state index is 0.0000824. The molecule has 3 aromatic heterocycles. The number of aromatic nitrogens is 6. The van der Waals surface area contributed by atoms with Gasteiger partial charge >= 0.3 is 52.5 Å². The van der Waals surface area contributed by atoms with Crippen LogP contribution in [-0.2, 0) is 45.6 Å². The van der Waals surface area contributed by atoms with Gasteiger partial charge in [0.25, 0.3) is 11.8 Å². The number of nitrogens with zero attached hydrogens (tertiary/aromatic N) is 6. The number of ether oxygens (including phenoxy) is 3. The number of nitrogen functional groups attached to an aromatic ring is 2. The van der Waals surface area contributed by atoms with E-state index in [1.165, 1.54) is 11.6 Å². The SMILES string of the molecule is COC1C(O)[C@H]([N+]2=C=[N+](C)c3c2nc(N)[nH]c3=O)O[C@@H]1COP(=O)(O)OP(=O)(O)OP(=O)(O)OC[C@H]1OC(n2cnc3c(=O)[nH]c(N)nc32)[C@@H](O)[C@H]1O. The Kier molecular flexibility index (Phi) is 10.5. The predicted molar refractivity (Wildman–Crippen MR) is 168 cm³/mol. The first-order valence-corrected chi connectivity index (χ1v) is 19.2. The van der Waals surface area contributed by atoms with E-state index in [0.717, 1.165) is 22.6 Å². The fourth-order valence-electron chi connectivity index (χ4n) is 5.62. The Morgan fingerprint density at radius 2 is 1.51 bits per heavy atom. The predicted octanol–water partition coefficient (Wildman–Crippen LogP) is -3.74. The monoisotopic (exact) mass is 816 g/mol.